The Bertz CT molecular complexity index is 1220. The van der Waals surface area contributed by atoms with Crippen molar-refractivity contribution in [3.63, 3.8) is 0 Å². The smallest absolute Gasteiger partial charge is 0.280 e. The summed E-state index contributed by atoms with van der Waals surface area (Å²) in [4.78, 5) is 10.7. The molecular weight excluding hydrogens is 476 g/mol. The second-order valence-corrected chi connectivity index (χ2v) is 9.20. The normalized spacial score (nSPS) is 14.0. The third-order valence-corrected chi connectivity index (χ3v) is 6.53. The molecule has 32 heavy (non-hydrogen) atoms. The van der Waals surface area contributed by atoms with Crippen molar-refractivity contribution in [1.29, 1.82) is 0 Å². The third kappa shape index (κ3) is 5.29. The fourth-order valence-corrected chi connectivity index (χ4v) is 4.52. The Morgan fingerprint density at radius 2 is 1.84 bits per heavy atom. The monoisotopic (exact) mass is 497 g/mol. The molecule has 0 aliphatic carbocycles. The molecule has 0 amide bonds. The van der Waals surface area contributed by atoms with Crippen LogP contribution in [0.2, 0.25) is 5.02 Å². The zero-order chi connectivity index (χ0) is 22.0. The van der Waals surface area contributed by atoms with Gasteiger partial charge in [0.15, 0.2) is 5.03 Å². The van der Waals surface area contributed by atoms with Gasteiger partial charge in [-0.3, -0.25) is 4.72 Å². The molecule has 4 rings (SSSR count). The topological polar surface area (TPSA) is 87.2 Å². The number of rotatable bonds is 5. The van der Waals surface area contributed by atoms with Crippen LogP contribution < -0.4 is 14.9 Å². The van der Waals surface area contributed by atoms with Gasteiger partial charge in [-0.05, 0) is 48.9 Å². The van der Waals surface area contributed by atoms with Crippen LogP contribution in [0.5, 0.6) is 0 Å². The van der Waals surface area contributed by atoms with E-state index in [0.29, 0.717) is 17.1 Å². The van der Waals surface area contributed by atoms with E-state index in [9.17, 15) is 12.8 Å². The molecule has 1 aliphatic heterocycles. The quantitative estimate of drug-likeness (QED) is 0.556. The summed E-state index contributed by atoms with van der Waals surface area (Å²) in [5.74, 6) is 0.236. The maximum Gasteiger partial charge on any atom is 0.280 e. The van der Waals surface area contributed by atoms with Crippen molar-refractivity contribution in [3.8, 4) is 11.3 Å². The molecule has 0 bridgehead atoms. The van der Waals surface area contributed by atoms with E-state index >= 15 is 0 Å². The zero-order valence-corrected chi connectivity index (χ0v) is 19.6. The Morgan fingerprint density at radius 1 is 1.09 bits per heavy atom. The molecule has 0 radical (unpaired) electrons. The van der Waals surface area contributed by atoms with Crippen molar-refractivity contribution in [2.45, 2.75) is 11.9 Å². The van der Waals surface area contributed by atoms with Gasteiger partial charge in [-0.25, -0.2) is 14.4 Å². The molecule has 2 aromatic heterocycles. The summed E-state index contributed by atoms with van der Waals surface area (Å²) < 4.78 is 42.1. The molecule has 3 heterocycles. The highest BCUT2D eigenvalue weighted by atomic mass is 35.5. The lowest BCUT2D eigenvalue weighted by Crippen LogP contribution is -2.44. The van der Waals surface area contributed by atoms with Crippen molar-refractivity contribution < 1.29 is 12.8 Å². The van der Waals surface area contributed by atoms with Gasteiger partial charge in [0.2, 0.25) is 0 Å². The second kappa shape index (κ2) is 9.99. The van der Waals surface area contributed by atoms with Gasteiger partial charge in [-0.2, -0.15) is 8.42 Å². The number of pyridine rings is 2. The van der Waals surface area contributed by atoms with Crippen LogP contribution in [0.15, 0.2) is 53.6 Å². The van der Waals surface area contributed by atoms with Gasteiger partial charge in [-0.1, -0.05) is 23.7 Å². The van der Waals surface area contributed by atoms with Crippen molar-refractivity contribution in [2.24, 2.45) is 0 Å². The molecule has 1 aliphatic rings. The number of benzene rings is 1. The molecule has 170 valence electrons. The second-order valence-electron chi connectivity index (χ2n) is 7.16. The lowest BCUT2D eigenvalue weighted by Gasteiger charge is -2.28. The van der Waals surface area contributed by atoms with Crippen LogP contribution >= 0.6 is 24.0 Å². The van der Waals surface area contributed by atoms with E-state index in [2.05, 4.69) is 20.0 Å². The van der Waals surface area contributed by atoms with Crippen LogP contribution in [-0.2, 0) is 10.0 Å². The van der Waals surface area contributed by atoms with Gasteiger partial charge in [0.1, 0.15) is 17.5 Å². The van der Waals surface area contributed by atoms with Crippen LogP contribution in [-0.4, -0.2) is 44.6 Å². The Labute approximate surface area is 197 Å². The lowest BCUT2D eigenvalue weighted by atomic mass is 10.0. The van der Waals surface area contributed by atoms with Gasteiger partial charge in [0, 0.05) is 31.7 Å². The van der Waals surface area contributed by atoms with Gasteiger partial charge in [0.25, 0.3) is 10.0 Å². The van der Waals surface area contributed by atoms with Gasteiger partial charge < -0.3 is 10.2 Å². The minimum Gasteiger partial charge on any atom is -0.354 e. The maximum absolute atomic E-state index is 13.8. The molecule has 11 heteroatoms. The summed E-state index contributed by atoms with van der Waals surface area (Å²) in [6.45, 7) is 4.93. The predicted octanol–water partition coefficient (Wildman–Crippen LogP) is 3.88. The first-order valence-corrected chi connectivity index (χ1v) is 11.6. The number of sulfonamides is 1. The third-order valence-electron chi connectivity index (χ3n) is 4.96. The maximum atomic E-state index is 13.8. The zero-order valence-electron chi connectivity index (χ0n) is 17.2. The minimum atomic E-state index is -3.99. The number of halogens is 3. The first-order chi connectivity index (χ1) is 14.8. The van der Waals surface area contributed by atoms with Gasteiger partial charge in [-0.15, -0.1) is 12.4 Å². The van der Waals surface area contributed by atoms with E-state index in [0.717, 1.165) is 31.7 Å². The summed E-state index contributed by atoms with van der Waals surface area (Å²) in [6, 6.07) is 12.1. The van der Waals surface area contributed by atoms with E-state index in [-0.39, 0.29) is 28.3 Å². The summed E-state index contributed by atoms with van der Waals surface area (Å²) in [5.41, 5.74) is 1.55. The first kappa shape index (κ1) is 24.2. The van der Waals surface area contributed by atoms with Crippen LogP contribution in [0.3, 0.4) is 0 Å². The van der Waals surface area contributed by atoms with Crippen molar-refractivity contribution >= 4 is 45.7 Å². The highest BCUT2D eigenvalue weighted by molar-refractivity contribution is 7.92. The van der Waals surface area contributed by atoms with Crippen LogP contribution in [0, 0.1) is 12.7 Å². The number of nitrogens with zero attached hydrogens (tertiary/aromatic N) is 3. The number of aryl methyl sites for hydroxylation is 1. The SMILES string of the molecule is Cc1ccc(F)cc1-c1nc(NS(=O)(=O)c2cccc(N3CCNCC3)n2)ccc1Cl.Cl. The minimum absolute atomic E-state index is 0. The molecular formula is C21H22Cl2FN5O2S. The van der Waals surface area contributed by atoms with Crippen LogP contribution in [0.25, 0.3) is 11.3 Å². The number of aromatic nitrogens is 2. The highest BCUT2D eigenvalue weighted by Crippen LogP contribution is 2.31. The van der Waals surface area contributed by atoms with Crippen LogP contribution in [0.4, 0.5) is 16.0 Å². The number of nitrogens with one attached hydrogen (secondary N) is 2. The molecule has 1 aromatic carbocycles. The summed E-state index contributed by atoms with van der Waals surface area (Å²) >= 11 is 6.26. The number of hydrogen-bond donors (Lipinski definition) is 2. The van der Waals surface area contributed by atoms with E-state index in [1.54, 1.807) is 25.1 Å². The molecule has 0 spiro atoms. The predicted molar refractivity (Wildman–Crippen MR) is 127 cm³/mol. The Hall–Kier alpha value is -2.46. The molecule has 1 saturated heterocycles. The average Bonchev–Trinajstić information content (AvgIpc) is 2.77. The Morgan fingerprint density at radius 3 is 2.59 bits per heavy atom. The molecule has 7 nitrogen and oxygen atoms in total. The van der Waals surface area contributed by atoms with E-state index in [4.69, 9.17) is 11.6 Å². The van der Waals surface area contributed by atoms with E-state index < -0.39 is 15.8 Å². The van der Waals surface area contributed by atoms with E-state index in [1.807, 2.05) is 4.90 Å². The number of piperazine rings is 1. The van der Waals surface area contributed by atoms with Crippen LogP contribution in [0.1, 0.15) is 5.56 Å². The Balaban J connectivity index is 0.00000289. The molecule has 2 N–H and O–H groups in total. The standard InChI is InChI=1S/C21H21ClFN5O2S.ClH/c1-14-5-6-15(23)13-16(14)21-17(22)7-8-18(25-21)27-31(29,30)20-4-2-3-19(26-20)28-11-9-24-10-12-28;/h2-8,13,24H,9-12H2,1H3,(H,25,27);1H. The number of anilines is 2. The fraction of sp³-hybridized carbons (Fsp3) is 0.238. The van der Waals surface area contributed by atoms with Crippen molar-refractivity contribution in [2.75, 3.05) is 35.8 Å². The molecule has 0 saturated carbocycles. The largest absolute Gasteiger partial charge is 0.354 e. The summed E-state index contributed by atoms with van der Waals surface area (Å²) in [7, 11) is -3.99. The van der Waals surface area contributed by atoms with Crippen molar-refractivity contribution in [3.05, 3.63) is 64.9 Å². The summed E-state index contributed by atoms with van der Waals surface area (Å²) in [5, 5.41) is 3.43. The number of hydrogen-bond acceptors (Lipinski definition) is 6. The molecule has 1 fully saturated rings. The fourth-order valence-electron chi connectivity index (χ4n) is 3.35. The van der Waals surface area contributed by atoms with Crippen molar-refractivity contribution in [1.82, 2.24) is 15.3 Å². The summed E-state index contributed by atoms with van der Waals surface area (Å²) in [6.07, 6.45) is 0. The molecule has 0 atom stereocenters. The lowest BCUT2D eigenvalue weighted by molar-refractivity contribution is 0.580. The van der Waals surface area contributed by atoms with Gasteiger partial charge in [0.05, 0.1) is 10.7 Å². The van der Waals surface area contributed by atoms with Gasteiger partial charge >= 0.3 is 0 Å². The average molecular weight is 498 g/mol. The first-order valence-electron chi connectivity index (χ1n) is 9.72. The molecule has 0 unspecified atom stereocenters. The highest BCUT2D eigenvalue weighted by Gasteiger charge is 2.20. The molecule has 3 aromatic rings. The Kier molecular flexibility index (Phi) is 7.55. The van der Waals surface area contributed by atoms with E-state index in [1.165, 1.54) is 30.3 Å².